The number of likely N-dealkylation sites (tertiary alicyclic amines) is 1. The second-order valence-corrected chi connectivity index (χ2v) is 6.48. The van der Waals surface area contributed by atoms with Gasteiger partial charge < -0.3 is 15.0 Å². The van der Waals surface area contributed by atoms with E-state index in [1.807, 2.05) is 24.3 Å². The van der Waals surface area contributed by atoms with Crippen LogP contribution in [0.3, 0.4) is 0 Å². The molecule has 1 saturated heterocycles. The van der Waals surface area contributed by atoms with Crippen molar-refractivity contribution in [1.29, 1.82) is 0 Å². The molecular weight excluding hydrogens is 288 g/mol. The highest BCUT2D eigenvalue weighted by Gasteiger charge is 2.14. The van der Waals surface area contributed by atoms with Crippen LogP contribution in [0.4, 0.5) is 0 Å². The number of rotatable bonds is 8. The summed E-state index contributed by atoms with van der Waals surface area (Å²) < 4.78 is 5.63. The van der Waals surface area contributed by atoms with E-state index < -0.39 is 0 Å². The third-order valence-corrected chi connectivity index (χ3v) is 4.56. The molecule has 1 aromatic rings. The smallest absolute Gasteiger partial charge is 0.257 e. The van der Waals surface area contributed by atoms with Crippen molar-refractivity contribution in [2.24, 2.45) is 5.92 Å². The van der Waals surface area contributed by atoms with Crippen LogP contribution in [0.1, 0.15) is 38.7 Å². The van der Waals surface area contributed by atoms with Gasteiger partial charge in [-0.05, 0) is 62.9 Å². The summed E-state index contributed by atoms with van der Waals surface area (Å²) in [5.74, 6) is 1.64. The number of carbonyl (C=O) groups excluding carboxylic acids is 1. The molecule has 0 aliphatic carbocycles. The fourth-order valence-corrected chi connectivity index (χ4v) is 2.95. The number of ether oxygens (including phenoxy) is 1. The van der Waals surface area contributed by atoms with Crippen LogP contribution in [-0.4, -0.2) is 43.6 Å². The van der Waals surface area contributed by atoms with Gasteiger partial charge in [-0.1, -0.05) is 32.0 Å². The summed E-state index contributed by atoms with van der Waals surface area (Å²) in [4.78, 5) is 14.4. The van der Waals surface area contributed by atoms with Crippen LogP contribution in [0.5, 0.6) is 5.75 Å². The number of nitrogens with zero attached hydrogens (tertiary/aromatic N) is 1. The number of aryl methyl sites for hydroxylation is 1. The average Bonchev–Trinajstić information content (AvgIpc) is 2.58. The molecule has 0 bridgehead atoms. The number of para-hydroxylation sites is 1. The summed E-state index contributed by atoms with van der Waals surface area (Å²) in [6.45, 7) is 8.71. The Morgan fingerprint density at radius 2 is 2.04 bits per heavy atom. The molecule has 4 nitrogen and oxygen atoms in total. The van der Waals surface area contributed by atoms with Gasteiger partial charge in [0.25, 0.3) is 5.91 Å². The molecule has 1 aliphatic rings. The second-order valence-electron chi connectivity index (χ2n) is 6.48. The highest BCUT2D eigenvalue weighted by atomic mass is 16.5. The molecule has 1 N–H and O–H groups in total. The van der Waals surface area contributed by atoms with Crippen LogP contribution in [0.2, 0.25) is 0 Å². The van der Waals surface area contributed by atoms with E-state index in [4.69, 9.17) is 4.74 Å². The lowest BCUT2D eigenvalue weighted by Gasteiger charge is -2.30. The Labute approximate surface area is 140 Å². The molecule has 1 aliphatic heterocycles. The number of benzene rings is 1. The van der Waals surface area contributed by atoms with Crippen molar-refractivity contribution in [2.45, 2.75) is 39.5 Å². The Hall–Kier alpha value is -1.55. The molecular formula is C19H30N2O2. The van der Waals surface area contributed by atoms with E-state index in [-0.39, 0.29) is 12.5 Å². The minimum atomic E-state index is -0.0387. The van der Waals surface area contributed by atoms with Crippen LogP contribution < -0.4 is 10.1 Å². The van der Waals surface area contributed by atoms with E-state index in [0.29, 0.717) is 0 Å². The fourth-order valence-electron chi connectivity index (χ4n) is 2.95. The number of nitrogens with one attached hydrogen (secondary N) is 1. The molecule has 0 aromatic heterocycles. The van der Waals surface area contributed by atoms with Gasteiger partial charge in [0.2, 0.25) is 0 Å². The first-order valence-electron chi connectivity index (χ1n) is 8.88. The van der Waals surface area contributed by atoms with Crippen LogP contribution in [0.25, 0.3) is 0 Å². The first kappa shape index (κ1) is 17.8. The van der Waals surface area contributed by atoms with E-state index >= 15 is 0 Å². The SMILES string of the molecule is CCc1ccccc1OCC(=O)NCCCN1CCC(C)CC1. The number of hydrogen-bond acceptors (Lipinski definition) is 3. The third kappa shape index (κ3) is 6.22. The molecule has 1 aromatic carbocycles. The Morgan fingerprint density at radius 3 is 2.78 bits per heavy atom. The molecule has 4 heteroatoms. The van der Waals surface area contributed by atoms with Crippen LogP contribution in [0.15, 0.2) is 24.3 Å². The van der Waals surface area contributed by atoms with Crippen molar-refractivity contribution in [2.75, 3.05) is 32.8 Å². The summed E-state index contributed by atoms with van der Waals surface area (Å²) in [6.07, 6.45) is 4.52. The zero-order valence-electron chi connectivity index (χ0n) is 14.5. The molecule has 128 valence electrons. The third-order valence-electron chi connectivity index (χ3n) is 4.56. The zero-order valence-corrected chi connectivity index (χ0v) is 14.5. The predicted molar refractivity (Wildman–Crippen MR) is 93.8 cm³/mol. The van der Waals surface area contributed by atoms with Crippen molar-refractivity contribution >= 4 is 5.91 Å². The van der Waals surface area contributed by atoms with E-state index in [0.717, 1.165) is 43.2 Å². The number of carbonyl (C=O) groups is 1. The van der Waals surface area contributed by atoms with Crippen molar-refractivity contribution in [1.82, 2.24) is 10.2 Å². The number of piperidine rings is 1. The monoisotopic (exact) mass is 318 g/mol. The van der Waals surface area contributed by atoms with Crippen molar-refractivity contribution in [3.63, 3.8) is 0 Å². The normalized spacial score (nSPS) is 16.3. The Morgan fingerprint density at radius 1 is 1.30 bits per heavy atom. The molecule has 0 unspecified atom stereocenters. The standard InChI is InChI=1S/C19H30N2O2/c1-3-17-7-4-5-8-18(17)23-15-19(22)20-11-6-12-21-13-9-16(2)10-14-21/h4-5,7-8,16H,3,6,9-15H2,1-2H3,(H,20,22). The Kier molecular flexibility index (Phi) is 7.40. The van der Waals surface area contributed by atoms with Gasteiger partial charge in [0, 0.05) is 6.54 Å². The first-order chi connectivity index (χ1) is 11.2. The highest BCUT2D eigenvalue weighted by molar-refractivity contribution is 5.77. The second kappa shape index (κ2) is 9.56. The van der Waals surface area contributed by atoms with Crippen molar-refractivity contribution in [3.05, 3.63) is 29.8 Å². The van der Waals surface area contributed by atoms with Gasteiger partial charge in [-0.3, -0.25) is 4.79 Å². The van der Waals surface area contributed by atoms with Crippen LogP contribution in [0, 0.1) is 5.92 Å². The van der Waals surface area contributed by atoms with E-state index in [9.17, 15) is 4.79 Å². The summed E-state index contributed by atoms with van der Waals surface area (Å²) >= 11 is 0. The largest absolute Gasteiger partial charge is 0.483 e. The maximum absolute atomic E-state index is 11.9. The molecule has 0 atom stereocenters. The van der Waals surface area contributed by atoms with Crippen LogP contribution in [-0.2, 0) is 11.2 Å². The van der Waals surface area contributed by atoms with Crippen molar-refractivity contribution in [3.8, 4) is 5.75 Å². The molecule has 1 heterocycles. The maximum Gasteiger partial charge on any atom is 0.257 e. The predicted octanol–water partition coefficient (Wildman–Crippen LogP) is 2.87. The summed E-state index contributed by atoms with van der Waals surface area (Å²) in [5, 5.41) is 2.95. The van der Waals surface area contributed by atoms with Gasteiger partial charge in [0.05, 0.1) is 0 Å². The lowest BCUT2D eigenvalue weighted by molar-refractivity contribution is -0.123. The summed E-state index contributed by atoms with van der Waals surface area (Å²) in [5.41, 5.74) is 1.14. The van der Waals surface area contributed by atoms with Gasteiger partial charge in [-0.15, -0.1) is 0 Å². The highest BCUT2D eigenvalue weighted by Crippen LogP contribution is 2.18. The van der Waals surface area contributed by atoms with E-state index in [2.05, 4.69) is 24.1 Å². The quantitative estimate of drug-likeness (QED) is 0.749. The first-order valence-corrected chi connectivity index (χ1v) is 8.88. The Bertz CT molecular complexity index is 482. The molecule has 2 rings (SSSR count). The van der Waals surface area contributed by atoms with E-state index in [1.54, 1.807) is 0 Å². The zero-order chi connectivity index (χ0) is 16.5. The molecule has 0 spiro atoms. The molecule has 1 fully saturated rings. The summed E-state index contributed by atoms with van der Waals surface area (Å²) in [7, 11) is 0. The van der Waals surface area contributed by atoms with E-state index in [1.165, 1.54) is 25.9 Å². The van der Waals surface area contributed by atoms with Gasteiger partial charge in [-0.2, -0.15) is 0 Å². The number of hydrogen-bond donors (Lipinski definition) is 1. The number of amides is 1. The van der Waals surface area contributed by atoms with Crippen LogP contribution >= 0.6 is 0 Å². The lowest BCUT2D eigenvalue weighted by atomic mass is 9.99. The minimum Gasteiger partial charge on any atom is -0.483 e. The lowest BCUT2D eigenvalue weighted by Crippen LogP contribution is -2.36. The van der Waals surface area contributed by atoms with Gasteiger partial charge >= 0.3 is 0 Å². The molecule has 1 amide bonds. The molecule has 0 radical (unpaired) electrons. The average molecular weight is 318 g/mol. The summed E-state index contributed by atoms with van der Waals surface area (Å²) in [6, 6.07) is 7.88. The minimum absolute atomic E-state index is 0.0387. The Balaban J connectivity index is 1.58. The van der Waals surface area contributed by atoms with Gasteiger partial charge in [-0.25, -0.2) is 0 Å². The van der Waals surface area contributed by atoms with Crippen molar-refractivity contribution < 1.29 is 9.53 Å². The van der Waals surface area contributed by atoms with Gasteiger partial charge in [0.15, 0.2) is 6.61 Å². The molecule has 23 heavy (non-hydrogen) atoms. The topological polar surface area (TPSA) is 41.6 Å². The molecule has 0 saturated carbocycles. The fraction of sp³-hybridized carbons (Fsp3) is 0.632. The maximum atomic E-state index is 11.9. The van der Waals surface area contributed by atoms with Gasteiger partial charge in [0.1, 0.15) is 5.75 Å².